The number of nitrogens with zero attached hydrogens (tertiary/aromatic N) is 1. The molecule has 17 heavy (non-hydrogen) atoms. The average Bonchev–Trinajstić information content (AvgIpc) is 2.72. The summed E-state index contributed by atoms with van der Waals surface area (Å²) in [4.78, 5) is 7.84. The van der Waals surface area contributed by atoms with Crippen molar-refractivity contribution in [2.75, 3.05) is 5.73 Å². The topological polar surface area (TPSA) is 54.7 Å². The van der Waals surface area contributed by atoms with Gasteiger partial charge in [0.2, 0.25) is 0 Å². The molecule has 1 aromatic heterocycles. The van der Waals surface area contributed by atoms with Crippen LogP contribution in [0.1, 0.15) is 0 Å². The smallest absolute Gasteiger partial charge is 0.139 e. The van der Waals surface area contributed by atoms with Gasteiger partial charge in [0, 0.05) is 15.7 Å². The number of anilines is 1. The first-order valence-electron chi connectivity index (χ1n) is 5.24. The van der Waals surface area contributed by atoms with Crippen LogP contribution in [0.3, 0.4) is 0 Å². The molecule has 0 aliphatic carbocycles. The van der Waals surface area contributed by atoms with Crippen LogP contribution in [-0.2, 0) is 0 Å². The van der Waals surface area contributed by atoms with E-state index in [-0.39, 0.29) is 0 Å². The van der Waals surface area contributed by atoms with E-state index in [1.54, 1.807) is 0 Å². The summed E-state index contributed by atoms with van der Waals surface area (Å²) < 4.78 is 0.941. The van der Waals surface area contributed by atoms with Gasteiger partial charge in [-0.2, -0.15) is 0 Å². The Kier molecular flexibility index (Phi) is 2.37. The third-order valence-corrected chi connectivity index (χ3v) is 3.29. The van der Waals surface area contributed by atoms with Crippen molar-refractivity contribution < 1.29 is 0 Å². The van der Waals surface area contributed by atoms with Crippen molar-refractivity contribution in [3.63, 3.8) is 0 Å². The number of imidazole rings is 1. The number of fused-ring (bicyclic) bond motifs is 1. The van der Waals surface area contributed by atoms with Crippen LogP contribution < -0.4 is 5.73 Å². The summed E-state index contributed by atoms with van der Waals surface area (Å²) in [6.07, 6.45) is 0. The van der Waals surface area contributed by atoms with Gasteiger partial charge in [-0.1, -0.05) is 12.1 Å². The number of rotatable bonds is 1. The fourth-order valence-corrected chi connectivity index (χ4v) is 2.39. The van der Waals surface area contributed by atoms with Gasteiger partial charge < -0.3 is 10.7 Å². The van der Waals surface area contributed by atoms with Gasteiger partial charge in [-0.15, -0.1) is 0 Å². The predicted octanol–water partition coefficient (Wildman–Crippen LogP) is 3.57. The lowest BCUT2D eigenvalue weighted by Gasteiger charge is -2.01. The minimum atomic E-state index is 0.733. The van der Waals surface area contributed by atoms with Gasteiger partial charge in [0.05, 0.1) is 11.0 Å². The number of aromatic nitrogens is 2. The molecule has 0 radical (unpaired) electrons. The molecule has 3 nitrogen and oxygen atoms in total. The molecule has 2 aromatic carbocycles. The zero-order valence-corrected chi connectivity index (χ0v) is 10.5. The Morgan fingerprint density at radius 2 is 1.94 bits per heavy atom. The summed E-state index contributed by atoms with van der Waals surface area (Å²) in [5, 5.41) is 0. The first kappa shape index (κ1) is 10.4. The maximum atomic E-state index is 5.72. The summed E-state index contributed by atoms with van der Waals surface area (Å²) in [7, 11) is 0. The molecule has 4 heteroatoms. The summed E-state index contributed by atoms with van der Waals surface area (Å²) >= 11 is 3.50. The monoisotopic (exact) mass is 287 g/mol. The third-order valence-electron chi connectivity index (χ3n) is 2.64. The van der Waals surface area contributed by atoms with Crippen LogP contribution in [0.15, 0.2) is 46.9 Å². The number of hydrogen-bond donors (Lipinski definition) is 2. The molecule has 0 amide bonds. The quantitative estimate of drug-likeness (QED) is 0.672. The van der Waals surface area contributed by atoms with E-state index in [0.717, 1.165) is 32.6 Å². The largest absolute Gasteiger partial charge is 0.399 e. The van der Waals surface area contributed by atoms with Crippen LogP contribution in [0.5, 0.6) is 0 Å². The molecular weight excluding hydrogens is 278 g/mol. The fourth-order valence-electron chi connectivity index (χ4n) is 1.80. The van der Waals surface area contributed by atoms with Crippen LogP contribution in [0.25, 0.3) is 22.4 Å². The normalized spacial score (nSPS) is 10.9. The molecule has 0 aliphatic rings. The number of para-hydroxylation sites is 2. The molecule has 0 aliphatic heterocycles. The lowest BCUT2D eigenvalue weighted by molar-refractivity contribution is 1.33. The van der Waals surface area contributed by atoms with Gasteiger partial charge in [0.25, 0.3) is 0 Å². The fraction of sp³-hybridized carbons (Fsp3) is 0. The van der Waals surface area contributed by atoms with Crippen LogP contribution in [0.4, 0.5) is 5.69 Å². The molecule has 0 saturated heterocycles. The number of nitrogens with one attached hydrogen (secondary N) is 1. The standard InChI is InChI=1S/C13H10BrN3/c14-10-7-8(15)5-6-9(10)13-16-11-3-1-2-4-12(11)17-13/h1-7H,15H2,(H,16,17). The molecule has 3 rings (SSSR count). The molecule has 1 heterocycles. The van der Waals surface area contributed by atoms with E-state index in [9.17, 15) is 0 Å². The lowest BCUT2D eigenvalue weighted by Crippen LogP contribution is -1.87. The molecule has 0 atom stereocenters. The van der Waals surface area contributed by atoms with E-state index in [0.29, 0.717) is 0 Å². The zero-order chi connectivity index (χ0) is 11.8. The summed E-state index contributed by atoms with van der Waals surface area (Å²) in [5.74, 6) is 0.845. The van der Waals surface area contributed by atoms with Crippen LogP contribution in [-0.4, -0.2) is 9.97 Å². The summed E-state index contributed by atoms with van der Waals surface area (Å²) in [6, 6.07) is 13.7. The van der Waals surface area contributed by atoms with E-state index < -0.39 is 0 Å². The van der Waals surface area contributed by atoms with Gasteiger partial charge in [-0.3, -0.25) is 0 Å². The second kappa shape index (κ2) is 3.89. The number of benzene rings is 2. The van der Waals surface area contributed by atoms with E-state index in [1.807, 2.05) is 42.5 Å². The second-order valence-corrected chi connectivity index (χ2v) is 4.70. The van der Waals surface area contributed by atoms with E-state index in [2.05, 4.69) is 25.9 Å². The number of hydrogen-bond acceptors (Lipinski definition) is 2. The van der Waals surface area contributed by atoms with Gasteiger partial charge >= 0.3 is 0 Å². The molecule has 0 fully saturated rings. The number of nitrogens with two attached hydrogens (primary N) is 1. The first-order valence-corrected chi connectivity index (χ1v) is 6.03. The van der Waals surface area contributed by atoms with Crippen molar-refractivity contribution in [2.24, 2.45) is 0 Å². The highest BCUT2D eigenvalue weighted by Crippen LogP contribution is 2.29. The lowest BCUT2D eigenvalue weighted by atomic mass is 10.2. The Morgan fingerprint density at radius 3 is 2.71 bits per heavy atom. The predicted molar refractivity (Wildman–Crippen MR) is 73.6 cm³/mol. The van der Waals surface area contributed by atoms with E-state index in [4.69, 9.17) is 5.73 Å². The van der Waals surface area contributed by atoms with Crippen molar-refractivity contribution in [3.8, 4) is 11.4 Å². The first-order chi connectivity index (χ1) is 8.24. The van der Waals surface area contributed by atoms with Crippen LogP contribution in [0, 0.1) is 0 Å². The Morgan fingerprint density at radius 1 is 1.12 bits per heavy atom. The highest BCUT2D eigenvalue weighted by atomic mass is 79.9. The maximum Gasteiger partial charge on any atom is 0.139 e. The van der Waals surface area contributed by atoms with E-state index in [1.165, 1.54) is 0 Å². The van der Waals surface area contributed by atoms with E-state index >= 15 is 0 Å². The van der Waals surface area contributed by atoms with Crippen LogP contribution in [0.2, 0.25) is 0 Å². The summed E-state index contributed by atoms with van der Waals surface area (Å²) in [5.41, 5.74) is 9.46. The maximum absolute atomic E-state index is 5.72. The van der Waals surface area contributed by atoms with Gasteiger partial charge in [-0.25, -0.2) is 4.98 Å². The zero-order valence-electron chi connectivity index (χ0n) is 8.94. The molecule has 3 N–H and O–H groups in total. The molecule has 0 spiro atoms. The molecular formula is C13H10BrN3. The number of halogens is 1. The Labute approximate surface area is 107 Å². The average molecular weight is 288 g/mol. The van der Waals surface area contributed by atoms with Gasteiger partial charge in [0.1, 0.15) is 5.82 Å². The minimum Gasteiger partial charge on any atom is -0.399 e. The second-order valence-electron chi connectivity index (χ2n) is 3.84. The van der Waals surface area contributed by atoms with Crippen molar-refractivity contribution in [1.29, 1.82) is 0 Å². The SMILES string of the molecule is Nc1ccc(-c2nc3ccccc3[nH]2)c(Br)c1. The van der Waals surface area contributed by atoms with Crippen molar-refractivity contribution in [1.82, 2.24) is 9.97 Å². The Bertz CT molecular complexity index is 655. The molecule has 0 unspecified atom stereocenters. The minimum absolute atomic E-state index is 0.733. The van der Waals surface area contributed by atoms with Crippen molar-refractivity contribution in [2.45, 2.75) is 0 Å². The Hall–Kier alpha value is -1.81. The highest BCUT2D eigenvalue weighted by Gasteiger charge is 2.08. The number of aromatic amines is 1. The number of nitrogen functional groups attached to an aromatic ring is 1. The number of H-pyrrole nitrogens is 1. The molecule has 3 aromatic rings. The van der Waals surface area contributed by atoms with Gasteiger partial charge in [0.15, 0.2) is 0 Å². The molecule has 0 bridgehead atoms. The van der Waals surface area contributed by atoms with Crippen LogP contribution >= 0.6 is 15.9 Å². The van der Waals surface area contributed by atoms with Crippen molar-refractivity contribution >= 4 is 32.7 Å². The third kappa shape index (κ3) is 1.80. The molecule has 84 valence electrons. The van der Waals surface area contributed by atoms with Gasteiger partial charge in [-0.05, 0) is 46.3 Å². The molecule has 0 saturated carbocycles. The Balaban J connectivity index is 2.20. The van der Waals surface area contributed by atoms with Crippen molar-refractivity contribution in [3.05, 3.63) is 46.9 Å². The summed E-state index contributed by atoms with van der Waals surface area (Å²) in [6.45, 7) is 0. The highest BCUT2D eigenvalue weighted by molar-refractivity contribution is 9.10.